The van der Waals surface area contributed by atoms with E-state index in [1.54, 1.807) is 0 Å². The second-order valence-corrected chi connectivity index (χ2v) is 6.90. The largest absolute Gasteiger partial charge is 0.396 e. The van der Waals surface area contributed by atoms with E-state index >= 15 is 0 Å². The molecule has 0 amide bonds. The fourth-order valence-corrected chi connectivity index (χ4v) is 3.10. The van der Waals surface area contributed by atoms with Crippen LogP contribution in [0.25, 0.3) is 0 Å². The van der Waals surface area contributed by atoms with Gasteiger partial charge in [0.25, 0.3) is 0 Å². The van der Waals surface area contributed by atoms with Crippen molar-refractivity contribution in [2.45, 2.75) is 96.7 Å². The highest BCUT2D eigenvalue weighted by atomic mass is 16.5. The summed E-state index contributed by atoms with van der Waals surface area (Å²) in [5, 5.41) is 9.22. The Hall–Kier alpha value is -0.860. The number of aliphatic hydroxyl groups excluding tert-OH is 1. The Bertz CT molecular complexity index is 363. The van der Waals surface area contributed by atoms with E-state index in [0.29, 0.717) is 6.61 Å². The molecule has 0 saturated carbocycles. The highest BCUT2D eigenvalue weighted by Crippen LogP contribution is 2.15. The number of hydrogen-bond donors (Lipinski definition) is 1. The molecule has 1 N–H and O–H groups in total. The number of hydrogen-bond acceptors (Lipinski definition) is 2. The van der Waals surface area contributed by atoms with Gasteiger partial charge in [0.05, 0.1) is 12.7 Å². The molecule has 138 valence electrons. The van der Waals surface area contributed by atoms with Crippen LogP contribution in [0.15, 0.2) is 30.3 Å². The van der Waals surface area contributed by atoms with Crippen LogP contribution >= 0.6 is 0 Å². The van der Waals surface area contributed by atoms with E-state index in [9.17, 15) is 5.11 Å². The van der Waals surface area contributed by atoms with E-state index in [0.717, 1.165) is 12.8 Å². The average molecular weight is 335 g/mol. The van der Waals surface area contributed by atoms with Crippen LogP contribution in [0.4, 0.5) is 0 Å². The van der Waals surface area contributed by atoms with Gasteiger partial charge in [-0.1, -0.05) is 101 Å². The fraction of sp³-hybridized carbons (Fsp3) is 0.727. The molecule has 0 fully saturated rings. The highest BCUT2D eigenvalue weighted by molar-refractivity contribution is 5.13. The zero-order chi connectivity index (χ0) is 17.3. The first-order chi connectivity index (χ1) is 11.9. The van der Waals surface area contributed by atoms with Crippen LogP contribution in [0.2, 0.25) is 0 Å². The lowest BCUT2D eigenvalue weighted by Gasteiger charge is -2.17. The van der Waals surface area contributed by atoms with E-state index < -0.39 is 0 Å². The van der Waals surface area contributed by atoms with Gasteiger partial charge >= 0.3 is 0 Å². The van der Waals surface area contributed by atoms with E-state index in [4.69, 9.17) is 4.74 Å². The lowest BCUT2D eigenvalue weighted by Crippen LogP contribution is -2.14. The summed E-state index contributed by atoms with van der Waals surface area (Å²) in [4.78, 5) is 0. The predicted octanol–water partition coefficient (Wildman–Crippen LogP) is 6.27. The highest BCUT2D eigenvalue weighted by Gasteiger charge is 2.08. The number of aliphatic hydroxyl groups is 1. The van der Waals surface area contributed by atoms with Gasteiger partial charge in [0.1, 0.15) is 0 Å². The quantitative estimate of drug-likeness (QED) is 0.361. The van der Waals surface area contributed by atoms with Gasteiger partial charge in [-0.3, -0.25) is 0 Å². The standard InChI is InChI=1S/C22H38O2/c1-2-3-4-5-6-7-8-9-10-14-17-22(18-19-23)24-20-21-15-12-11-13-16-21/h11-13,15-16,22-23H,2-10,14,17-20H2,1H3/t22-/m0/s1. The molecule has 1 aromatic rings. The maximum absolute atomic E-state index is 9.22. The van der Waals surface area contributed by atoms with Gasteiger partial charge in [-0.2, -0.15) is 0 Å². The maximum Gasteiger partial charge on any atom is 0.0720 e. The van der Waals surface area contributed by atoms with Crippen LogP contribution < -0.4 is 0 Å². The first-order valence-corrected chi connectivity index (χ1v) is 10.1. The van der Waals surface area contributed by atoms with Gasteiger partial charge in [-0.05, 0) is 18.4 Å². The van der Waals surface area contributed by atoms with Crippen molar-refractivity contribution < 1.29 is 9.84 Å². The molecule has 0 bridgehead atoms. The Labute approximate surface area is 149 Å². The van der Waals surface area contributed by atoms with E-state index in [1.165, 1.54) is 69.8 Å². The second-order valence-electron chi connectivity index (χ2n) is 6.90. The zero-order valence-corrected chi connectivity index (χ0v) is 15.7. The lowest BCUT2D eigenvalue weighted by molar-refractivity contribution is 0.0174. The average Bonchev–Trinajstić information content (AvgIpc) is 2.62. The van der Waals surface area contributed by atoms with Gasteiger partial charge in [0.15, 0.2) is 0 Å². The first kappa shape index (κ1) is 21.2. The summed E-state index contributed by atoms with van der Waals surface area (Å²) in [6.07, 6.45) is 15.6. The molecule has 2 heteroatoms. The Morgan fingerprint density at radius 1 is 0.792 bits per heavy atom. The second kappa shape index (κ2) is 15.7. The smallest absolute Gasteiger partial charge is 0.0720 e. The molecule has 0 radical (unpaired) electrons. The van der Waals surface area contributed by atoms with Crippen molar-refractivity contribution >= 4 is 0 Å². The van der Waals surface area contributed by atoms with Crippen LogP contribution in [0.5, 0.6) is 0 Å². The molecule has 0 heterocycles. The molecule has 0 aliphatic rings. The molecule has 1 rings (SSSR count). The molecule has 0 saturated heterocycles. The summed E-state index contributed by atoms with van der Waals surface area (Å²) in [6.45, 7) is 3.15. The van der Waals surface area contributed by atoms with Crippen molar-refractivity contribution in [1.29, 1.82) is 0 Å². The first-order valence-electron chi connectivity index (χ1n) is 10.1. The normalized spacial score (nSPS) is 12.4. The van der Waals surface area contributed by atoms with Crippen molar-refractivity contribution in [2.24, 2.45) is 0 Å². The molecular weight excluding hydrogens is 296 g/mol. The molecule has 1 atom stereocenters. The molecule has 0 aromatic heterocycles. The van der Waals surface area contributed by atoms with Crippen molar-refractivity contribution in [3.63, 3.8) is 0 Å². The zero-order valence-electron chi connectivity index (χ0n) is 15.7. The Morgan fingerprint density at radius 2 is 1.38 bits per heavy atom. The third kappa shape index (κ3) is 11.6. The summed E-state index contributed by atoms with van der Waals surface area (Å²) in [7, 11) is 0. The number of benzene rings is 1. The Kier molecular flexibility index (Phi) is 13.8. The molecule has 0 aliphatic carbocycles. The minimum atomic E-state index is 0.198. The summed E-state index contributed by atoms with van der Waals surface area (Å²) >= 11 is 0. The van der Waals surface area contributed by atoms with Gasteiger partial charge in [0, 0.05) is 6.61 Å². The molecular formula is C22H38O2. The number of rotatable bonds is 16. The van der Waals surface area contributed by atoms with Crippen molar-refractivity contribution in [2.75, 3.05) is 6.61 Å². The van der Waals surface area contributed by atoms with Crippen molar-refractivity contribution in [1.82, 2.24) is 0 Å². The molecule has 0 spiro atoms. The third-order valence-electron chi connectivity index (χ3n) is 4.66. The minimum absolute atomic E-state index is 0.198. The van der Waals surface area contributed by atoms with E-state index in [1.807, 2.05) is 18.2 Å². The van der Waals surface area contributed by atoms with Gasteiger partial charge < -0.3 is 9.84 Å². The minimum Gasteiger partial charge on any atom is -0.396 e. The summed E-state index contributed by atoms with van der Waals surface area (Å²) in [6, 6.07) is 10.3. The molecule has 1 aromatic carbocycles. The van der Waals surface area contributed by atoms with E-state index in [-0.39, 0.29) is 12.7 Å². The van der Waals surface area contributed by atoms with Crippen LogP contribution in [0.1, 0.15) is 89.5 Å². The topological polar surface area (TPSA) is 29.5 Å². The molecule has 2 nitrogen and oxygen atoms in total. The third-order valence-corrected chi connectivity index (χ3v) is 4.66. The monoisotopic (exact) mass is 334 g/mol. The number of ether oxygens (including phenoxy) is 1. The Morgan fingerprint density at radius 3 is 1.96 bits per heavy atom. The van der Waals surface area contributed by atoms with Crippen molar-refractivity contribution in [3.05, 3.63) is 35.9 Å². The summed E-state index contributed by atoms with van der Waals surface area (Å²) in [5.41, 5.74) is 1.21. The van der Waals surface area contributed by atoms with Crippen LogP contribution in [-0.2, 0) is 11.3 Å². The summed E-state index contributed by atoms with van der Waals surface area (Å²) < 4.78 is 5.99. The molecule has 0 unspecified atom stereocenters. The number of unbranched alkanes of at least 4 members (excludes halogenated alkanes) is 9. The van der Waals surface area contributed by atoms with Gasteiger partial charge in [0.2, 0.25) is 0 Å². The summed E-state index contributed by atoms with van der Waals surface area (Å²) in [5.74, 6) is 0. The van der Waals surface area contributed by atoms with Gasteiger partial charge in [-0.25, -0.2) is 0 Å². The lowest BCUT2D eigenvalue weighted by atomic mass is 10.0. The van der Waals surface area contributed by atoms with Crippen LogP contribution in [0.3, 0.4) is 0 Å². The Balaban J connectivity index is 2.01. The fourth-order valence-electron chi connectivity index (χ4n) is 3.10. The predicted molar refractivity (Wildman–Crippen MR) is 103 cm³/mol. The van der Waals surface area contributed by atoms with Crippen LogP contribution in [0, 0.1) is 0 Å². The van der Waals surface area contributed by atoms with Gasteiger partial charge in [-0.15, -0.1) is 0 Å². The molecule has 0 aliphatic heterocycles. The van der Waals surface area contributed by atoms with Crippen molar-refractivity contribution in [3.8, 4) is 0 Å². The molecule has 24 heavy (non-hydrogen) atoms. The van der Waals surface area contributed by atoms with Crippen LogP contribution in [-0.4, -0.2) is 17.8 Å². The SMILES string of the molecule is CCCCCCCCCCCC[C@@H](CCO)OCc1ccccc1. The maximum atomic E-state index is 9.22. The van der Waals surface area contributed by atoms with E-state index in [2.05, 4.69) is 19.1 Å².